The molecule has 1 amide bonds. The molecule has 2 aromatic heterocycles. The molecule has 0 atom stereocenters. The lowest BCUT2D eigenvalue weighted by molar-refractivity contribution is 0.0725. The standard InChI is InChI=1S/C16H19N5O2/c1-20-14(22)8-10-9-21(7-6-12(10)19-20)16(23)15-11-4-2-3-5-13(11)17-18-15/h8H,2-7,9H2,1H3,(H,17,18). The minimum Gasteiger partial charge on any atom is -0.332 e. The van der Waals surface area contributed by atoms with Gasteiger partial charge in [-0.3, -0.25) is 14.7 Å². The largest absolute Gasteiger partial charge is 0.332 e. The summed E-state index contributed by atoms with van der Waals surface area (Å²) in [5.41, 5.74) is 4.34. The maximum atomic E-state index is 12.8. The lowest BCUT2D eigenvalue weighted by Crippen LogP contribution is -2.38. The van der Waals surface area contributed by atoms with Gasteiger partial charge in [-0.1, -0.05) is 0 Å². The second kappa shape index (κ2) is 5.33. The van der Waals surface area contributed by atoms with E-state index in [0.717, 1.165) is 48.2 Å². The molecule has 2 aliphatic rings. The zero-order chi connectivity index (χ0) is 16.0. The molecule has 0 spiro atoms. The Labute approximate surface area is 133 Å². The lowest BCUT2D eigenvalue weighted by atomic mass is 9.95. The van der Waals surface area contributed by atoms with Gasteiger partial charge in [0.05, 0.1) is 5.69 Å². The van der Waals surface area contributed by atoms with E-state index < -0.39 is 0 Å². The van der Waals surface area contributed by atoms with Crippen molar-refractivity contribution >= 4 is 5.91 Å². The Bertz CT molecular complexity index is 835. The number of nitrogens with one attached hydrogen (secondary N) is 1. The monoisotopic (exact) mass is 313 g/mol. The van der Waals surface area contributed by atoms with E-state index >= 15 is 0 Å². The van der Waals surface area contributed by atoms with Gasteiger partial charge in [0.25, 0.3) is 11.5 Å². The number of aryl methyl sites for hydroxylation is 2. The van der Waals surface area contributed by atoms with E-state index in [1.165, 1.54) is 4.68 Å². The molecule has 0 saturated carbocycles. The Balaban J connectivity index is 1.62. The van der Waals surface area contributed by atoms with Crippen LogP contribution in [0.15, 0.2) is 10.9 Å². The second-order valence-electron chi connectivity index (χ2n) is 6.29. The molecule has 3 heterocycles. The predicted molar refractivity (Wildman–Crippen MR) is 83.2 cm³/mol. The quantitative estimate of drug-likeness (QED) is 0.835. The van der Waals surface area contributed by atoms with Crippen molar-refractivity contribution < 1.29 is 4.79 Å². The minimum absolute atomic E-state index is 0.0456. The summed E-state index contributed by atoms with van der Waals surface area (Å²) in [5.74, 6) is -0.0456. The molecule has 7 nitrogen and oxygen atoms in total. The van der Waals surface area contributed by atoms with Gasteiger partial charge in [-0.15, -0.1) is 0 Å². The molecule has 2 aromatic rings. The summed E-state index contributed by atoms with van der Waals surface area (Å²) in [6, 6.07) is 1.59. The second-order valence-corrected chi connectivity index (χ2v) is 6.29. The number of aromatic nitrogens is 4. The Hall–Kier alpha value is -2.44. The molecule has 1 N–H and O–H groups in total. The summed E-state index contributed by atoms with van der Waals surface area (Å²) in [6.45, 7) is 1.04. The number of aromatic amines is 1. The SMILES string of the molecule is Cn1nc2c(cc1=O)CN(C(=O)c1n[nH]c3c1CCCC3)CC2. The van der Waals surface area contributed by atoms with E-state index in [9.17, 15) is 9.59 Å². The molecule has 0 saturated heterocycles. The Kier molecular flexibility index (Phi) is 3.28. The van der Waals surface area contributed by atoms with Gasteiger partial charge < -0.3 is 4.90 Å². The van der Waals surface area contributed by atoms with Crippen LogP contribution in [-0.4, -0.2) is 37.3 Å². The van der Waals surface area contributed by atoms with Gasteiger partial charge in [-0.2, -0.15) is 10.2 Å². The fourth-order valence-electron chi connectivity index (χ4n) is 3.47. The van der Waals surface area contributed by atoms with Crippen LogP contribution in [0.4, 0.5) is 0 Å². The van der Waals surface area contributed by atoms with Crippen LogP contribution in [0.5, 0.6) is 0 Å². The van der Waals surface area contributed by atoms with Crippen molar-refractivity contribution in [3.05, 3.63) is 44.6 Å². The number of hydrogen-bond donors (Lipinski definition) is 1. The molecule has 4 rings (SSSR count). The highest BCUT2D eigenvalue weighted by molar-refractivity contribution is 5.94. The maximum absolute atomic E-state index is 12.8. The predicted octanol–water partition coefficient (Wildman–Crippen LogP) is 0.581. The average molecular weight is 313 g/mol. The van der Waals surface area contributed by atoms with Crippen molar-refractivity contribution in [3.63, 3.8) is 0 Å². The number of carbonyl (C=O) groups excluding carboxylic acids is 1. The molecule has 0 fully saturated rings. The van der Waals surface area contributed by atoms with Crippen LogP contribution < -0.4 is 5.56 Å². The molecule has 120 valence electrons. The van der Waals surface area contributed by atoms with Crippen LogP contribution in [0.2, 0.25) is 0 Å². The zero-order valence-electron chi connectivity index (χ0n) is 13.1. The van der Waals surface area contributed by atoms with E-state index in [1.54, 1.807) is 18.0 Å². The molecule has 0 aromatic carbocycles. The first-order chi connectivity index (χ1) is 11.1. The van der Waals surface area contributed by atoms with E-state index in [0.29, 0.717) is 25.2 Å². The van der Waals surface area contributed by atoms with E-state index in [4.69, 9.17) is 0 Å². The topological polar surface area (TPSA) is 83.9 Å². The van der Waals surface area contributed by atoms with Gasteiger partial charge in [0.15, 0.2) is 5.69 Å². The first-order valence-electron chi connectivity index (χ1n) is 8.05. The fraction of sp³-hybridized carbons (Fsp3) is 0.500. The Morgan fingerprint density at radius 3 is 2.96 bits per heavy atom. The van der Waals surface area contributed by atoms with Gasteiger partial charge >= 0.3 is 0 Å². The summed E-state index contributed by atoms with van der Waals surface area (Å²) in [4.78, 5) is 26.4. The highest BCUT2D eigenvalue weighted by Gasteiger charge is 2.28. The number of nitrogens with zero attached hydrogens (tertiary/aromatic N) is 4. The highest BCUT2D eigenvalue weighted by atomic mass is 16.2. The highest BCUT2D eigenvalue weighted by Crippen LogP contribution is 2.24. The van der Waals surface area contributed by atoms with Crippen molar-refractivity contribution in [1.82, 2.24) is 24.9 Å². The molecule has 1 aliphatic heterocycles. The third kappa shape index (κ3) is 2.36. The number of amides is 1. The lowest BCUT2D eigenvalue weighted by Gasteiger charge is -2.28. The van der Waals surface area contributed by atoms with Gasteiger partial charge in [0, 0.05) is 49.4 Å². The molecule has 23 heavy (non-hydrogen) atoms. The maximum Gasteiger partial charge on any atom is 0.274 e. The molecule has 1 aliphatic carbocycles. The third-order valence-electron chi connectivity index (χ3n) is 4.78. The van der Waals surface area contributed by atoms with Crippen molar-refractivity contribution in [1.29, 1.82) is 0 Å². The summed E-state index contributed by atoms with van der Waals surface area (Å²) < 4.78 is 1.35. The number of fused-ring (bicyclic) bond motifs is 2. The van der Waals surface area contributed by atoms with E-state index in [1.807, 2.05) is 0 Å². The Morgan fingerprint density at radius 2 is 2.09 bits per heavy atom. The summed E-state index contributed by atoms with van der Waals surface area (Å²) in [6.07, 6.45) is 4.81. The van der Waals surface area contributed by atoms with Gasteiger partial charge in [0.1, 0.15) is 0 Å². The van der Waals surface area contributed by atoms with Crippen molar-refractivity contribution in [3.8, 4) is 0 Å². The molecule has 0 radical (unpaired) electrons. The number of H-pyrrole nitrogens is 1. The van der Waals surface area contributed by atoms with Crippen molar-refractivity contribution in [2.75, 3.05) is 6.54 Å². The number of rotatable bonds is 1. The van der Waals surface area contributed by atoms with Gasteiger partial charge in [0.2, 0.25) is 0 Å². The van der Waals surface area contributed by atoms with Crippen LogP contribution in [0.25, 0.3) is 0 Å². The van der Waals surface area contributed by atoms with Crippen LogP contribution in [0.3, 0.4) is 0 Å². The molecular weight excluding hydrogens is 294 g/mol. The normalized spacial score (nSPS) is 16.8. The first-order valence-corrected chi connectivity index (χ1v) is 8.05. The zero-order valence-corrected chi connectivity index (χ0v) is 13.1. The summed E-state index contributed by atoms with van der Waals surface area (Å²) in [5, 5.41) is 11.6. The molecule has 0 bridgehead atoms. The summed E-state index contributed by atoms with van der Waals surface area (Å²) in [7, 11) is 1.65. The average Bonchev–Trinajstić information content (AvgIpc) is 2.99. The molecule has 7 heteroatoms. The van der Waals surface area contributed by atoms with E-state index in [2.05, 4.69) is 15.3 Å². The van der Waals surface area contributed by atoms with E-state index in [-0.39, 0.29) is 11.5 Å². The smallest absolute Gasteiger partial charge is 0.274 e. The number of carbonyl (C=O) groups is 1. The summed E-state index contributed by atoms with van der Waals surface area (Å²) >= 11 is 0. The fourth-order valence-corrected chi connectivity index (χ4v) is 3.47. The van der Waals surface area contributed by atoms with Crippen LogP contribution >= 0.6 is 0 Å². The first kappa shape index (κ1) is 14.2. The van der Waals surface area contributed by atoms with Crippen LogP contribution in [0, 0.1) is 0 Å². The Morgan fingerprint density at radius 1 is 1.26 bits per heavy atom. The van der Waals surface area contributed by atoms with Gasteiger partial charge in [-0.25, -0.2) is 4.68 Å². The van der Waals surface area contributed by atoms with Crippen LogP contribution in [0.1, 0.15) is 45.8 Å². The molecule has 0 unspecified atom stereocenters. The number of hydrogen-bond acceptors (Lipinski definition) is 4. The third-order valence-corrected chi connectivity index (χ3v) is 4.78. The van der Waals surface area contributed by atoms with Gasteiger partial charge in [-0.05, 0) is 25.7 Å². The molecular formula is C16H19N5O2. The minimum atomic E-state index is -0.143. The van der Waals surface area contributed by atoms with Crippen molar-refractivity contribution in [2.45, 2.75) is 38.6 Å². The van der Waals surface area contributed by atoms with Crippen LogP contribution in [-0.2, 0) is 32.9 Å². The van der Waals surface area contributed by atoms with Crippen molar-refractivity contribution in [2.24, 2.45) is 7.05 Å².